The molecule has 1 atom stereocenters. The molecule has 0 amide bonds. The zero-order valence-corrected chi connectivity index (χ0v) is 22.9. The van der Waals surface area contributed by atoms with Crippen molar-refractivity contribution in [3.8, 4) is 17.2 Å². The maximum Gasteiger partial charge on any atom is 0.416 e. The lowest BCUT2D eigenvalue weighted by Gasteiger charge is -2.32. The fourth-order valence-electron chi connectivity index (χ4n) is 4.90. The van der Waals surface area contributed by atoms with Crippen LogP contribution in [-0.2, 0) is 13.2 Å². The van der Waals surface area contributed by atoms with Gasteiger partial charge in [-0.3, -0.25) is 4.98 Å². The minimum absolute atomic E-state index is 0.120. The molecule has 1 aliphatic rings. The SMILES string of the molecule is CN1CCCC[C@H]1COc1cc(Nc2nc3ncc(Oc4cnn5ccncc45)c(Cl)c3n2C)cc(C(F)(F)F)c1. The first kappa shape index (κ1) is 27.1. The van der Waals surface area contributed by atoms with Crippen molar-refractivity contribution in [3.05, 3.63) is 59.8 Å². The highest BCUT2D eigenvalue weighted by atomic mass is 35.5. The van der Waals surface area contributed by atoms with E-state index >= 15 is 0 Å². The largest absolute Gasteiger partial charge is 0.492 e. The number of piperidine rings is 1. The fourth-order valence-corrected chi connectivity index (χ4v) is 5.20. The number of hydrogen-bond acceptors (Lipinski definition) is 8. The summed E-state index contributed by atoms with van der Waals surface area (Å²) < 4.78 is 56.4. The van der Waals surface area contributed by atoms with Gasteiger partial charge in [0, 0.05) is 37.2 Å². The van der Waals surface area contributed by atoms with Crippen LogP contribution in [0.4, 0.5) is 24.8 Å². The van der Waals surface area contributed by atoms with Crippen molar-refractivity contribution in [1.29, 1.82) is 0 Å². The Labute approximate surface area is 237 Å². The highest BCUT2D eigenvalue weighted by Gasteiger charge is 2.32. The minimum atomic E-state index is -4.56. The molecular weight excluding hydrogens is 561 g/mol. The Morgan fingerprint density at radius 3 is 2.76 bits per heavy atom. The Morgan fingerprint density at radius 2 is 1.95 bits per heavy atom. The van der Waals surface area contributed by atoms with E-state index in [1.807, 2.05) is 7.05 Å². The molecule has 1 aliphatic heterocycles. The van der Waals surface area contributed by atoms with E-state index in [2.05, 4.69) is 30.3 Å². The number of aryl methyl sites for hydroxylation is 1. The van der Waals surface area contributed by atoms with Gasteiger partial charge in [0.1, 0.15) is 28.4 Å². The second-order valence-electron chi connectivity index (χ2n) is 9.93. The van der Waals surface area contributed by atoms with Crippen molar-refractivity contribution < 1.29 is 22.6 Å². The first-order chi connectivity index (χ1) is 19.7. The third kappa shape index (κ3) is 5.46. The van der Waals surface area contributed by atoms with Crippen molar-refractivity contribution in [2.45, 2.75) is 31.5 Å². The Kier molecular flexibility index (Phi) is 7.08. The molecule has 1 fully saturated rings. The summed E-state index contributed by atoms with van der Waals surface area (Å²) in [4.78, 5) is 15.1. The van der Waals surface area contributed by atoms with E-state index in [0.29, 0.717) is 23.4 Å². The number of halogens is 4. The van der Waals surface area contributed by atoms with Crippen LogP contribution in [0.25, 0.3) is 16.7 Å². The quantitative estimate of drug-likeness (QED) is 0.245. The van der Waals surface area contributed by atoms with Gasteiger partial charge in [0.2, 0.25) is 5.95 Å². The summed E-state index contributed by atoms with van der Waals surface area (Å²) in [6.07, 6.45) is 6.41. The van der Waals surface area contributed by atoms with Gasteiger partial charge >= 0.3 is 6.18 Å². The molecule has 214 valence electrons. The summed E-state index contributed by atoms with van der Waals surface area (Å²) in [5.41, 5.74) is 0.691. The zero-order chi connectivity index (χ0) is 28.7. The molecule has 4 aromatic heterocycles. The van der Waals surface area contributed by atoms with Crippen LogP contribution in [-0.4, -0.2) is 60.3 Å². The highest BCUT2D eigenvalue weighted by molar-refractivity contribution is 6.36. The highest BCUT2D eigenvalue weighted by Crippen LogP contribution is 2.38. The van der Waals surface area contributed by atoms with E-state index < -0.39 is 11.7 Å². The van der Waals surface area contributed by atoms with E-state index in [1.165, 1.54) is 18.5 Å². The number of nitrogens with zero attached hydrogens (tertiary/aromatic N) is 7. The van der Waals surface area contributed by atoms with Crippen LogP contribution in [0.3, 0.4) is 0 Å². The standard InChI is InChI=1S/C27H26ClF3N8O2/c1-37-7-4-3-5-18(37)15-40-19-10-16(27(29,30)31)9-17(11-19)35-26-36-25-24(38(26)2)23(28)22(13-33-25)41-21-14-34-39-8-6-32-12-20(21)39/h6,8-14,18H,3-5,7,15H2,1-2H3,(H,33,35,36)/t18-/m0/s1. The molecular formula is C27H26ClF3N8O2. The molecule has 1 aromatic carbocycles. The fraction of sp³-hybridized carbons (Fsp3) is 0.333. The van der Waals surface area contributed by atoms with Gasteiger partial charge in [-0.1, -0.05) is 18.0 Å². The third-order valence-corrected chi connectivity index (χ3v) is 7.53. The maximum atomic E-state index is 13.8. The minimum Gasteiger partial charge on any atom is -0.492 e. The van der Waals surface area contributed by atoms with Crippen molar-refractivity contribution in [2.24, 2.45) is 7.05 Å². The second kappa shape index (κ2) is 10.7. The molecule has 1 saturated heterocycles. The lowest BCUT2D eigenvalue weighted by molar-refractivity contribution is -0.137. The summed E-state index contributed by atoms with van der Waals surface area (Å²) in [7, 11) is 3.68. The normalized spacial score (nSPS) is 16.4. The van der Waals surface area contributed by atoms with Crippen LogP contribution in [0.2, 0.25) is 5.02 Å². The Hall–Kier alpha value is -4.10. The topological polar surface area (TPSA) is 94.6 Å². The van der Waals surface area contributed by atoms with Crippen molar-refractivity contribution in [2.75, 3.05) is 25.5 Å². The number of benzene rings is 1. The monoisotopic (exact) mass is 586 g/mol. The Balaban J connectivity index is 1.28. The molecule has 0 unspecified atom stereocenters. The summed E-state index contributed by atoms with van der Waals surface area (Å²) in [6, 6.07) is 3.71. The average Bonchev–Trinajstić information content (AvgIpc) is 3.50. The van der Waals surface area contributed by atoms with Crippen LogP contribution in [0.15, 0.2) is 49.2 Å². The molecule has 41 heavy (non-hydrogen) atoms. The number of likely N-dealkylation sites (N-methyl/N-ethyl adjacent to an activating group) is 1. The van der Waals surface area contributed by atoms with Gasteiger partial charge in [-0.25, -0.2) is 9.50 Å². The van der Waals surface area contributed by atoms with Crippen molar-refractivity contribution in [3.63, 3.8) is 0 Å². The molecule has 1 N–H and O–H groups in total. The molecule has 14 heteroatoms. The van der Waals surface area contributed by atoms with Gasteiger partial charge < -0.3 is 24.3 Å². The number of ether oxygens (including phenoxy) is 2. The number of hydrogen-bond donors (Lipinski definition) is 1. The number of likely N-dealkylation sites (tertiary alicyclic amines) is 1. The van der Waals surface area contributed by atoms with Crippen LogP contribution in [0, 0.1) is 0 Å². The number of alkyl halides is 3. The van der Waals surface area contributed by atoms with E-state index in [9.17, 15) is 13.2 Å². The molecule has 5 heterocycles. The molecule has 10 nitrogen and oxygen atoms in total. The first-order valence-electron chi connectivity index (χ1n) is 13.0. The molecule has 0 saturated carbocycles. The second-order valence-corrected chi connectivity index (χ2v) is 10.3. The lowest BCUT2D eigenvalue weighted by Crippen LogP contribution is -2.40. The average molecular weight is 587 g/mol. The first-order valence-corrected chi connectivity index (χ1v) is 13.3. The van der Waals surface area contributed by atoms with Gasteiger partial charge in [0.15, 0.2) is 17.1 Å². The molecule has 0 radical (unpaired) electrons. The number of imidazole rings is 1. The maximum absolute atomic E-state index is 13.8. The van der Waals surface area contributed by atoms with Gasteiger partial charge in [-0.05, 0) is 38.6 Å². The van der Waals surface area contributed by atoms with Gasteiger partial charge in [-0.2, -0.15) is 23.3 Å². The number of pyridine rings is 1. The predicted molar refractivity (Wildman–Crippen MR) is 147 cm³/mol. The van der Waals surface area contributed by atoms with E-state index in [-0.39, 0.29) is 39.8 Å². The van der Waals surface area contributed by atoms with Crippen LogP contribution in [0.5, 0.6) is 17.2 Å². The summed E-state index contributed by atoms with van der Waals surface area (Å²) in [5.74, 6) is 1.05. The molecule has 5 aromatic rings. The third-order valence-electron chi connectivity index (χ3n) is 7.17. The van der Waals surface area contributed by atoms with E-state index in [4.69, 9.17) is 21.1 Å². The van der Waals surface area contributed by atoms with Crippen LogP contribution >= 0.6 is 11.6 Å². The number of rotatable bonds is 7. The van der Waals surface area contributed by atoms with E-state index in [0.717, 1.165) is 37.9 Å². The number of anilines is 2. The number of fused-ring (bicyclic) bond motifs is 2. The van der Waals surface area contributed by atoms with Crippen LogP contribution in [0.1, 0.15) is 24.8 Å². The molecule has 0 spiro atoms. The number of aromatic nitrogens is 6. The summed E-state index contributed by atoms with van der Waals surface area (Å²) in [5, 5.41) is 7.42. The van der Waals surface area contributed by atoms with Gasteiger partial charge in [-0.15, -0.1) is 0 Å². The predicted octanol–water partition coefficient (Wildman–Crippen LogP) is 6.08. The van der Waals surface area contributed by atoms with Crippen molar-refractivity contribution >= 4 is 39.9 Å². The van der Waals surface area contributed by atoms with Gasteiger partial charge in [0.25, 0.3) is 0 Å². The Morgan fingerprint density at radius 1 is 1.10 bits per heavy atom. The summed E-state index contributed by atoms with van der Waals surface area (Å²) in [6.45, 7) is 1.24. The zero-order valence-electron chi connectivity index (χ0n) is 22.2. The molecule has 6 rings (SSSR count). The summed E-state index contributed by atoms with van der Waals surface area (Å²) >= 11 is 6.70. The molecule has 0 aliphatic carbocycles. The van der Waals surface area contributed by atoms with Crippen LogP contribution < -0.4 is 14.8 Å². The Bertz CT molecular complexity index is 1720. The number of nitrogens with one attached hydrogen (secondary N) is 1. The molecule has 0 bridgehead atoms. The van der Waals surface area contributed by atoms with Gasteiger partial charge in [0.05, 0.1) is 24.2 Å². The van der Waals surface area contributed by atoms with E-state index in [1.54, 1.807) is 34.7 Å². The smallest absolute Gasteiger partial charge is 0.416 e. The lowest BCUT2D eigenvalue weighted by atomic mass is 10.0. The van der Waals surface area contributed by atoms with Crippen molar-refractivity contribution in [1.82, 2.24) is 34.0 Å².